The smallest absolute Gasteiger partial charge is 0.191 e. The lowest BCUT2D eigenvalue weighted by Gasteiger charge is -2.38. The van der Waals surface area contributed by atoms with Crippen LogP contribution < -0.4 is 4.74 Å². The second-order valence-corrected chi connectivity index (χ2v) is 13.7. The first-order valence-corrected chi connectivity index (χ1v) is 12.7. The number of aliphatic hydroxyl groups is 3. The van der Waals surface area contributed by atoms with E-state index in [0.29, 0.717) is 6.61 Å². The number of hydrogen-bond acceptors (Lipinski definition) is 6. The molecule has 1 rings (SSSR count). The van der Waals surface area contributed by atoms with Crippen LogP contribution in [0.5, 0.6) is 5.75 Å². The van der Waals surface area contributed by atoms with Crippen molar-refractivity contribution in [2.45, 2.75) is 70.7 Å². The van der Waals surface area contributed by atoms with E-state index in [1.165, 1.54) is 0 Å². The van der Waals surface area contributed by atoms with Gasteiger partial charge in [0.2, 0.25) is 0 Å². The van der Waals surface area contributed by atoms with Crippen LogP contribution in [0, 0.1) is 5.92 Å². The van der Waals surface area contributed by atoms with Crippen molar-refractivity contribution in [3.05, 3.63) is 29.8 Å². The van der Waals surface area contributed by atoms with Gasteiger partial charge in [-0.15, -0.1) is 0 Å². The average molecular weight is 415 g/mol. The third-order valence-electron chi connectivity index (χ3n) is 5.63. The van der Waals surface area contributed by atoms with Gasteiger partial charge in [0.25, 0.3) is 0 Å². The zero-order valence-electron chi connectivity index (χ0n) is 18.3. The van der Waals surface area contributed by atoms with Crippen molar-refractivity contribution >= 4 is 8.32 Å². The summed E-state index contributed by atoms with van der Waals surface area (Å²) in [6.45, 7) is 12.8. The Morgan fingerprint density at radius 3 is 2.07 bits per heavy atom. The Bertz CT molecular complexity index is 569. The van der Waals surface area contributed by atoms with Gasteiger partial charge in [-0.25, -0.2) is 0 Å². The highest BCUT2D eigenvalue weighted by atomic mass is 28.4. The first kappa shape index (κ1) is 25.1. The van der Waals surface area contributed by atoms with E-state index in [2.05, 4.69) is 33.9 Å². The van der Waals surface area contributed by atoms with Crippen molar-refractivity contribution in [1.29, 1.82) is 0 Å². The first-order valence-electron chi connectivity index (χ1n) is 9.78. The lowest BCUT2D eigenvalue weighted by Crippen LogP contribution is -2.47. The van der Waals surface area contributed by atoms with E-state index in [0.717, 1.165) is 11.3 Å². The number of aliphatic hydroxyl groups excluding tert-OH is 3. The van der Waals surface area contributed by atoms with Gasteiger partial charge in [-0.3, -0.25) is 0 Å². The molecule has 162 valence electrons. The third-order valence-corrected chi connectivity index (χ3v) is 10.1. The van der Waals surface area contributed by atoms with Crippen LogP contribution in [0.15, 0.2) is 24.3 Å². The van der Waals surface area contributed by atoms with E-state index in [1.807, 2.05) is 31.2 Å². The number of methoxy groups -OCH3 is 1. The number of benzene rings is 1. The maximum absolute atomic E-state index is 10.5. The normalized spacial score (nSPS) is 17.1. The van der Waals surface area contributed by atoms with Crippen LogP contribution >= 0.6 is 0 Å². The van der Waals surface area contributed by atoms with Crippen molar-refractivity contribution in [2.75, 3.05) is 20.3 Å². The Balaban J connectivity index is 2.60. The molecule has 0 aliphatic carbocycles. The Kier molecular flexibility index (Phi) is 9.59. The average Bonchev–Trinajstić information content (AvgIpc) is 2.65. The summed E-state index contributed by atoms with van der Waals surface area (Å²) in [5.41, 5.74) is 0.884. The summed E-state index contributed by atoms with van der Waals surface area (Å²) in [5.74, 6) is 0.455. The van der Waals surface area contributed by atoms with E-state index in [9.17, 15) is 15.3 Å². The first-order chi connectivity index (χ1) is 12.9. The summed E-state index contributed by atoms with van der Waals surface area (Å²) in [5, 5.41) is 30.7. The molecule has 0 aliphatic heterocycles. The quantitative estimate of drug-likeness (QED) is 0.483. The molecule has 0 heterocycles. The minimum Gasteiger partial charge on any atom is -0.497 e. The molecule has 0 amide bonds. The molecular formula is C21H38O6Si. The third kappa shape index (κ3) is 7.13. The largest absolute Gasteiger partial charge is 0.497 e. The molecule has 0 aromatic heterocycles. The molecule has 1 aromatic carbocycles. The van der Waals surface area contributed by atoms with Gasteiger partial charge in [-0.1, -0.05) is 39.8 Å². The molecule has 0 spiro atoms. The molecule has 0 radical (unpaired) electrons. The van der Waals surface area contributed by atoms with Crippen LogP contribution in [0.1, 0.15) is 33.3 Å². The van der Waals surface area contributed by atoms with Crippen LogP contribution in [0.2, 0.25) is 18.1 Å². The van der Waals surface area contributed by atoms with Crippen molar-refractivity contribution < 1.29 is 29.2 Å². The molecule has 6 nitrogen and oxygen atoms in total. The Morgan fingerprint density at radius 1 is 1.04 bits per heavy atom. The minimum atomic E-state index is -1.93. The van der Waals surface area contributed by atoms with E-state index in [4.69, 9.17) is 13.9 Å². The van der Waals surface area contributed by atoms with Crippen LogP contribution in [0.4, 0.5) is 0 Å². The highest BCUT2D eigenvalue weighted by Gasteiger charge is 2.38. The summed E-state index contributed by atoms with van der Waals surface area (Å²) in [4.78, 5) is 0. The summed E-state index contributed by atoms with van der Waals surface area (Å²) < 4.78 is 16.9. The molecule has 0 saturated carbocycles. The SMILES string of the molecule is COc1ccc(CO[C@@H](CO)[C@@H](O)[C@@H](O)[C@@H](C)CO[Si](C)(C)C(C)(C)C)cc1. The molecule has 0 fully saturated rings. The highest BCUT2D eigenvalue weighted by Crippen LogP contribution is 2.37. The van der Waals surface area contributed by atoms with Crippen LogP contribution in [0.25, 0.3) is 0 Å². The van der Waals surface area contributed by atoms with Crippen LogP contribution in [-0.4, -0.2) is 62.3 Å². The number of ether oxygens (including phenoxy) is 2. The predicted molar refractivity (Wildman–Crippen MR) is 113 cm³/mol. The van der Waals surface area contributed by atoms with Gasteiger partial charge >= 0.3 is 0 Å². The maximum Gasteiger partial charge on any atom is 0.191 e. The molecule has 28 heavy (non-hydrogen) atoms. The molecule has 1 aromatic rings. The molecule has 0 aliphatic rings. The van der Waals surface area contributed by atoms with Gasteiger partial charge in [0, 0.05) is 12.5 Å². The fourth-order valence-electron chi connectivity index (χ4n) is 2.40. The zero-order valence-corrected chi connectivity index (χ0v) is 19.3. The second kappa shape index (κ2) is 10.7. The van der Waals surface area contributed by atoms with Crippen LogP contribution in [-0.2, 0) is 15.8 Å². The van der Waals surface area contributed by atoms with E-state index >= 15 is 0 Å². The predicted octanol–water partition coefficient (Wildman–Crippen LogP) is 2.95. The highest BCUT2D eigenvalue weighted by molar-refractivity contribution is 6.74. The summed E-state index contributed by atoms with van der Waals surface area (Å²) in [6.07, 6.45) is -3.15. The van der Waals surface area contributed by atoms with Gasteiger partial charge < -0.3 is 29.2 Å². The lowest BCUT2D eigenvalue weighted by atomic mass is 9.97. The van der Waals surface area contributed by atoms with E-state index in [-0.39, 0.29) is 24.2 Å². The van der Waals surface area contributed by atoms with Crippen molar-refractivity contribution in [3.8, 4) is 5.75 Å². The topological polar surface area (TPSA) is 88.4 Å². The van der Waals surface area contributed by atoms with Gasteiger partial charge in [-0.05, 0) is 35.8 Å². The van der Waals surface area contributed by atoms with Crippen molar-refractivity contribution in [3.63, 3.8) is 0 Å². The summed E-state index contributed by atoms with van der Waals surface area (Å²) in [6, 6.07) is 7.34. The second-order valence-electron chi connectivity index (χ2n) is 8.91. The molecule has 0 bridgehead atoms. The number of rotatable bonds is 11. The number of hydrogen-bond donors (Lipinski definition) is 3. The standard InChI is InChI=1S/C21H38O6Si/c1-15(13-27-28(6,7)21(2,3)4)19(23)20(24)18(12-22)26-14-16-8-10-17(25-5)11-9-16/h8-11,15,18-20,22-24H,12-14H2,1-7H3/t15-,18-,19-,20+/m0/s1. The van der Waals surface area contributed by atoms with Gasteiger partial charge in [0.1, 0.15) is 18.0 Å². The maximum atomic E-state index is 10.5. The Morgan fingerprint density at radius 2 is 1.61 bits per heavy atom. The van der Waals surface area contributed by atoms with Gasteiger partial charge in [0.15, 0.2) is 8.32 Å². The van der Waals surface area contributed by atoms with Crippen molar-refractivity contribution in [1.82, 2.24) is 0 Å². The minimum absolute atomic E-state index is 0.0748. The summed E-state index contributed by atoms with van der Waals surface area (Å²) in [7, 11) is -0.336. The Hall–Kier alpha value is -0.963. The molecule has 0 unspecified atom stereocenters. The molecule has 4 atom stereocenters. The Labute approximate surface area is 170 Å². The van der Waals surface area contributed by atoms with E-state index < -0.39 is 26.6 Å². The fourth-order valence-corrected chi connectivity index (χ4v) is 3.51. The molecule has 3 N–H and O–H groups in total. The van der Waals surface area contributed by atoms with Gasteiger partial charge in [0.05, 0.1) is 26.4 Å². The molecule has 0 saturated heterocycles. The summed E-state index contributed by atoms with van der Waals surface area (Å²) >= 11 is 0. The molecular weight excluding hydrogens is 376 g/mol. The molecule has 7 heteroatoms. The van der Waals surface area contributed by atoms with Crippen molar-refractivity contribution in [2.24, 2.45) is 5.92 Å². The van der Waals surface area contributed by atoms with Crippen LogP contribution in [0.3, 0.4) is 0 Å². The van der Waals surface area contributed by atoms with E-state index in [1.54, 1.807) is 7.11 Å². The zero-order chi connectivity index (χ0) is 21.5. The lowest BCUT2D eigenvalue weighted by molar-refractivity contribution is -0.126. The van der Waals surface area contributed by atoms with Gasteiger partial charge in [-0.2, -0.15) is 0 Å². The fraction of sp³-hybridized carbons (Fsp3) is 0.714. The monoisotopic (exact) mass is 414 g/mol.